The van der Waals surface area contributed by atoms with E-state index in [1.165, 1.54) is 11.8 Å². The second kappa shape index (κ2) is 6.86. The molecule has 7 heteroatoms. The zero-order chi connectivity index (χ0) is 19.0. The summed E-state index contributed by atoms with van der Waals surface area (Å²) in [5.74, 6) is 6.83. The molecular weight excluding hydrogens is 364 g/mol. The summed E-state index contributed by atoms with van der Waals surface area (Å²) in [4.78, 5) is 27.8. The van der Waals surface area contributed by atoms with Crippen molar-refractivity contribution in [2.75, 3.05) is 0 Å². The maximum atomic E-state index is 12.0. The zero-order valence-corrected chi connectivity index (χ0v) is 15.2. The van der Waals surface area contributed by atoms with Crippen LogP contribution in [0.1, 0.15) is 29.0 Å². The lowest BCUT2D eigenvalue weighted by Gasteiger charge is -2.04. The molecule has 0 unspecified atom stereocenters. The molecule has 1 saturated carbocycles. The minimum atomic E-state index is -0.570. The molecule has 0 radical (unpaired) electrons. The number of nitrogens with one attached hydrogen (secondary N) is 2. The molecule has 1 fully saturated rings. The monoisotopic (exact) mass is 378 g/mol. The second-order valence-corrected chi connectivity index (χ2v) is 6.91. The number of hydrogen-bond donors (Lipinski definition) is 2. The van der Waals surface area contributed by atoms with Gasteiger partial charge in [0.1, 0.15) is 5.69 Å². The van der Waals surface area contributed by atoms with Crippen LogP contribution < -0.4 is 11.2 Å². The maximum absolute atomic E-state index is 12.0. The molecule has 2 aromatic heterocycles. The van der Waals surface area contributed by atoms with Gasteiger partial charge in [-0.2, -0.15) is 0 Å². The Hall–Kier alpha value is -3.17. The largest absolute Gasteiger partial charge is 0.325 e. The van der Waals surface area contributed by atoms with E-state index in [1.54, 1.807) is 6.07 Å². The summed E-state index contributed by atoms with van der Waals surface area (Å²) in [5, 5.41) is 8.25. The quantitative estimate of drug-likeness (QED) is 0.670. The Bertz CT molecular complexity index is 1200. The van der Waals surface area contributed by atoms with Crippen LogP contribution in [0.3, 0.4) is 0 Å². The van der Waals surface area contributed by atoms with Crippen LogP contribution in [0.5, 0.6) is 0 Å². The van der Waals surface area contributed by atoms with Gasteiger partial charge in [0.15, 0.2) is 5.15 Å². The van der Waals surface area contributed by atoms with Gasteiger partial charge in [-0.15, -0.1) is 10.2 Å². The molecule has 1 aliphatic rings. The smallest absolute Gasteiger partial charge is 0.313 e. The average Bonchev–Trinajstić information content (AvgIpc) is 3.40. The molecule has 0 bridgehead atoms. The maximum Gasteiger partial charge on any atom is 0.325 e. The van der Waals surface area contributed by atoms with Crippen molar-refractivity contribution in [2.45, 2.75) is 19.3 Å². The van der Waals surface area contributed by atoms with Gasteiger partial charge in [-0.1, -0.05) is 35.6 Å². The molecule has 4 rings (SSSR count). The normalized spacial score (nSPS) is 17.9. The Labute approximate surface area is 159 Å². The summed E-state index contributed by atoms with van der Waals surface area (Å²) in [6.07, 6.45) is 2.20. The number of rotatable bonds is 2. The van der Waals surface area contributed by atoms with Crippen LogP contribution in [0.15, 0.2) is 46.1 Å². The molecule has 1 aromatic carbocycles. The summed E-state index contributed by atoms with van der Waals surface area (Å²) in [7, 11) is 0. The first-order valence-corrected chi connectivity index (χ1v) is 8.83. The van der Waals surface area contributed by atoms with Crippen LogP contribution in [0, 0.1) is 24.7 Å². The number of nitrogens with zero attached hydrogens (tertiary/aromatic N) is 2. The number of hydrogen-bond acceptors (Lipinski definition) is 4. The van der Waals surface area contributed by atoms with E-state index in [2.05, 4.69) is 32.0 Å². The number of H-pyrrole nitrogens is 2. The fourth-order valence-electron chi connectivity index (χ4n) is 2.98. The topological polar surface area (TPSA) is 91.5 Å². The fraction of sp³-hybridized carbons (Fsp3) is 0.200. The number of aromatic nitrogens is 4. The van der Waals surface area contributed by atoms with E-state index in [-0.39, 0.29) is 17.4 Å². The predicted molar refractivity (Wildman–Crippen MR) is 103 cm³/mol. The summed E-state index contributed by atoms with van der Waals surface area (Å²) in [6.45, 7) is 2.04. The molecule has 27 heavy (non-hydrogen) atoms. The van der Waals surface area contributed by atoms with E-state index in [1.807, 2.05) is 31.2 Å². The molecule has 0 amide bonds. The average molecular weight is 379 g/mol. The van der Waals surface area contributed by atoms with E-state index in [0.29, 0.717) is 10.8 Å². The Kier molecular flexibility index (Phi) is 4.38. The second-order valence-electron chi connectivity index (χ2n) is 6.55. The van der Waals surface area contributed by atoms with Crippen LogP contribution in [-0.4, -0.2) is 20.2 Å². The van der Waals surface area contributed by atoms with Gasteiger partial charge in [0.05, 0.1) is 5.56 Å². The number of aromatic amines is 2. The fourth-order valence-corrected chi connectivity index (χ4v) is 3.21. The van der Waals surface area contributed by atoms with Crippen molar-refractivity contribution < 1.29 is 0 Å². The van der Waals surface area contributed by atoms with Crippen LogP contribution in [0.2, 0.25) is 5.15 Å². The third kappa shape index (κ3) is 3.69. The van der Waals surface area contributed by atoms with Crippen molar-refractivity contribution in [3.63, 3.8) is 0 Å². The first-order chi connectivity index (χ1) is 13.0. The Morgan fingerprint density at radius 3 is 2.85 bits per heavy atom. The number of halogens is 1. The highest BCUT2D eigenvalue weighted by Crippen LogP contribution is 2.49. The third-order valence-corrected chi connectivity index (χ3v) is 4.77. The van der Waals surface area contributed by atoms with Crippen molar-refractivity contribution in [3.05, 3.63) is 79.2 Å². The first-order valence-electron chi connectivity index (χ1n) is 8.45. The van der Waals surface area contributed by atoms with Crippen LogP contribution >= 0.6 is 11.6 Å². The van der Waals surface area contributed by atoms with E-state index in [4.69, 9.17) is 11.6 Å². The molecular formula is C20H15ClN4O2. The van der Waals surface area contributed by atoms with Crippen molar-refractivity contribution in [1.82, 2.24) is 20.2 Å². The Morgan fingerprint density at radius 1 is 1.22 bits per heavy atom. The van der Waals surface area contributed by atoms with E-state index in [0.717, 1.165) is 17.5 Å². The van der Waals surface area contributed by atoms with E-state index < -0.39 is 11.2 Å². The molecule has 6 nitrogen and oxygen atoms in total. The molecule has 1 aliphatic carbocycles. The van der Waals surface area contributed by atoms with Gasteiger partial charge in [0, 0.05) is 23.6 Å². The van der Waals surface area contributed by atoms with Crippen molar-refractivity contribution in [1.29, 1.82) is 0 Å². The van der Waals surface area contributed by atoms with Gasteiger partial charge in [-0.25, -0.2) is 4.79 Å². The van der Waals surface area contributed by atoms with Gasteiger partial charge in [-0.05, 0) is 42.7 Å². The van der Waals surface area contributed by atoms with Crippen molar-refractivity contribution >= 4 is 11.6 Å². The lowest BCUT2D eigenvalue weighted by atomic mass is 10.1. The standard InChI is InChI=1S/C20H15ClN4O2/c1-11-3-2-4-12(7-11)5-6-13-8-14(13)15-9-17(24-25-18(15)21)16-10-22-20(27)23-19(16)26/h2-4,7,9-10,13-14H,8H2,1H3,(H2,22,23,26,27)/t13-,14-/m0/s1. The third-order valence-electron chi connectivity index (χ3n) is 4.48. The minimum Gasteiger partial charge on any atom is -0.313 e. The van der Waals surface area contributed by atoms with Gasteiger partial charge in [0.2, 0.25) is 0 Å². The highest BCUT2D eigenvalue weighted by atomic mass is 35.5. The SMILES string of the molecule is Cc1cccc(C#C[C@H]2C[C@@H]2c2cc(-c3c[nH]c(=O)[nH]c3=O)nnc2Cl)c1. The summed E-state index contributed by atoms with van der Waals surface area (Å²) in [5.41, 5.74) is 2.49. The van der Waals surface area contributed by atoms with Crippen LogP contribution in [0.25, 0.3) is 11.3 Å². The van der Waals surface area contributed by atoms with Crippen molar-refractivity contribution in [2.24, 2.45) is 5.92 Å². The lowest BCUT2D eigenvalue weighted by Crippen LogP contribution is -2.23. The van der Waals surface area contributed by atoms with Gasteiger partial charge in [-0.3, -0.25) is 9.78 Å². The molecule has 0 aliphatic heterocycles. The van der Waals surface area contributed by atoms with Crippen LogP contribution in [-0.2, 0) is 0 Å². The van der Waals surface area contributed by atoms with Crippen molar-refractivity contribution in [3.8, 4) is 23.1 Å². The Morgan fingerprint density at radius 2 is 2.07 bits per heavy atom. The minimum absolute atomic E-state index is 0.158. The van der Waals surface area contributed by atoms with E-state index >= 15 is 0 Å². The molecule has 134 valence electrons. The predicted octanol–water partition coefficient (Wildman–Crippen LogP) is 2.64. The zero-order valence-electron chi connectivity index (χ0n) is 14.4. The highest BCUT2D eigenvalue weighted by Gasteiger charge is 2.39. The number of benzene rings is 1. The molecule has 2 N–H and O–H groups in total. The lowest BCUT2D eigenvalue weighted by molar-refractivity contribution is 0.953. The summed E-state index contributed by atoms with van der Waals surface area (Å²) >= 11 is 6.22. The van der Waals surface area contributed by atoms with Gasteiger partial charge < -0.3 is 4.98 Å². The Balaban J connectivity index is 1.60. The summed E-state index contributed by atoms with van der Waals surface area (Å²) in [6, 6.07) is 9.80. The van der Waals surface area contributed by atoms with E-state index in [9.17, 15) is 9.59 Å². The highest BCUT2D eigenvalue weighted by molar-refractivity contribution is 6.30. The first kappa shape index (κ1) is 17.3. The van der Waals surface area contributed by atoms with Gasteiger partial charge in [0.25, 0.3) is 5.56 Å². The molecule has 0 spiro atoms. The number of aryl methyl sites for hydroxylation is 1. The molecule has 3 aromatic rings. The molecule has 0 saturated heterocycles. The van der Waals surface area contributed by atoms with Crippen LogP contribution in [0.4, 0.5) is 0 Å². The molecule has 2 heterocycles. The van der Waals surface area contributed by atoms with Gasteiger partial charge >= 0.3 is 5.69 Å². The molecule has 2 atom stereocenters. The summed E-state index contributed by atoms with van der Waals surface area (Å²) < 4.78 is 0.